The second-order valence-corrected chi connectivity index (χ2v) is 3.63. The minimum Gasteiger partial charge on any atom is -0.455 e. The molecule has 0 spiro atoms. The van der Waals surface area contributed by atoms with Gasteiger partial charge in [0.15, 0.2) is 0 Å². The molecule has 0 unspecified atom stereocenters. The number of hydrogen-bond donors (Lipinski definition) is 0. The molecule has 0 aliphatic heterocycles. The maximum atomic E-state index is 5.60. The molecule has 0 aliphatic carbocycles. The number of para-hydroxylation sites is 1. The fraction of sp³-hybridized carbons (Fsp3) is 0. The molecule has 0 saturated carbocycles. The van der Waals surface area contributed by atoms with E-state index in [1.807, 2.05) is 24.3 Å². The zero-order chi connectivity index (χ0) is 7.97. The maximum Gasteiger partial charge on any atom is 0.146 e. The van der Waals surface area contributed by atoms with E-state index in [-0.39, 0.29) is 0 Å². The minimum absolute atomic E-state index is 0.986. The van der Waals surface area contributed by atoms with Crippen molar-refractivity contribution in [3.8, 4) is 0 Å². The molecule has 0 saturated heterocycles. The summed E-state index contributed by atoms with van der Waals surface area (Å²) in [6.07, 6.45) is 0. The van der Waals surface area contributed by atoms with Crippen LogP contribution >= 0.6 is 11.3 Å². The third-order valence-corrected chi connectivity index (χ3v) is 2.91. The predicted molar refractivity (Wildman–Crippen MR) is 51.6 cm³/mol. The van der Waals surface area contributed by atoms with Crippen LogP contribution in [0.2, 0.25) is 0 Å². The topological polar surface area (TPSA) is 13.1 Å². The summed E-state index contributed by atoms with van der Waals surface area (Å²) in [6, 6.07) is 10.1. The molecule has 1 nitrogen and oxygen atoms in total. The number of fused-ring (bicyclic) bond motifs is 3. The molecular formula is C10H6OS. The first-order valence-electron chi connectivity index (χ1n) is 3.80. The van der Waals surface area contributed by atoms with Gasteiger partial charge in [-0.3, -0.25) is 0 Å². The van der Waals surface area contributed by atoms with E-state index in [2.05, 4.69) is 11.4 Å². The van der Waals surface area contributed by atoms with Gasteiger partial charge in [0.2, 0.25) is 0 Å². The molecule has 3 rings (SSSR count). The van der Waals surface area contributed by atoms with Gasteiger partial charge in [0.25, 0.3) is 0 Å². The van der Waals surface area contributed by atoms with Crippen LogP contribution in [0, 0.1) is 0 Å². The van der Waals surface area contributed by atoms with Gasteiger partial charge in [-0.2, -0.15) is 0 Å². The van der Waals surface area contributed by atoms with Crippen LogP contribution < -0.4 is 0 Å². The third-order valence-electron chi connectivity index (χ3n) is 1.98. The fourth-order valence-corrected chi connectivity index (χ4v) is 2.29. The molecule has 0 fully saturated rings. The first-order valence-corrected chi connectivity index (χ1v) is 4.68. The van der Waals surface area contributed by atoms with E-state index >= 15 is 0 Å². The molecule has 0 N–H and O–H groups in total. The third kappa shape index (κ3) is 0.676. The van der Waals surface area contributed by atoms with Crippen molar-refractivity contribution in [2.45, 2.75) is 0 Å². The van der Waals surface area contributed by atoms with Gasteiger partial charge >= 0.3 is 0 Å². The lowest BCUT2D eigenvalue weighted by Crippen LogP contribution is -1.59. The second-order valence-electron chi connectivity index (χ2n) is 2.71. The second kappa shape index (κ2) is 2.11. The standard InChI is InChI=1S/C10H6OS/c1-2-4-8-7(3-1)10-9(11-8)5-6-12-10/h1-6H. The largest absolute Gasteiger partial charge is 0.455 e. The Kier molecular flexibility index (Phi) is 1.10. The molecule has 3 aromatic rings. The maximum absolute atomic E-state index is 5.60. The Morgan fingerprint density at radius 3 is 2.92 bits per heavy atom. The summed E-state index contributed by atoms with van der Waals surface area (Å²) in [5, 5.41) is 3.28. The molecule has 2 heterocycles. The average molecular weight is 174 g/mol. The molecule has 0 radical (unpaired) electrons. The molecule has 0 bridgehead atoms. The van der Waals surface area contributed by atoms with Crippen LogP contribution in [0.15, 0.2) is 40.1 Å². The van der Waals surface area contributed by atoms with Crippen molar-refractivity contribution in [2.24, 2.45) is 0 Å². The lowest BCUT2D eigenvalue weighted by Gasteiger charge is -1.83. The minimum atomic E-state index is 0.986. The summed E-state index contributed by atoms with van der Waals surface area (Å²) < 4.78 is 6.86. The molecule has 2 heteroatoms. The van der Waals surface area contributed by atoms with Crippen LogP contribution in [0.4, 0.5) is 0 Å². The van der Waals surface area contributed by atoms with Gasteiger partial charge in [0, 0.05) is 5.39 Å². The van der Waals surface area contributed by atoms with E-state index in [0.717, 1.165) is 11.2 Å². The quantitative estimate of drug-likeness (QED) is 0.507. The molecule has 0 amide bonds. The number of rotatable bonds is 0. The Balaban J connectivity index is 2.68. The van der Waals surface area contributed by atoms with E-state index in [4.69, 9.17) is 4.42 Å². The first kappa shape index (κ1) is 6.26. The zero-order valence-electron chi connectivity index (χ0n) is 6.28. The van der Waals surface area contributed by atoms with Gasteiger partial charge < -0.3 is 4.42 Å². The van der Waals surface area contributed by atoms with Crippen LogP contribution in [0.25, 0.3) is 21.3 Å². The molecule has 0 atom stereocenters. The number of hydrogen-bond acceptors (Lipinski definition) is 2. The van der Waals surface area contributed by atoms with Crippen molar-refractivity contribution in [1.82, 2.24) is 0 Å². The van der Waals surface area contributed by atoms with Crippen molar-refractivity contribution in [2.75, 3.05) is 0 Å². The molecule has 12 heavy (non-hydrogen) atoms. The molecular weight excluding hydrogens is 168 g/mol. The molecule has 58 valence electrons. The predicted octanol–water partition coefficient (Wildman–Crippen LogP) is 3.65. The van der Waals surface area contributed by atoms with Crippen molar-refractivity contribution < 1.29 is 4.42 Å². The highest BCUT2D eigenvalue weighted by atomic mass is 32.1. The average Bonchev–Trinajstić information content (AvgIpc) is 2.62. The first-order chi connectivity index (χ1) is 5.95. The zero-order valence-corrected chi connectivity index (χ0v) is 7.10. The fourth-order valence-electron chi connectivity index (χ4n) is 1.44. The van der Waals surface area contributed by atoms with Gasteiger partial charge in [-0.25, -0.2) is 0 Å². The van der Waals surface area contributed by atoms with Gasteiger partial charge in [-0.1, -0.05) is 12.1 Å². The Hall–Kier alpha value is -1.28. The van der Waals surface area contributed by atoms with Crippen molar-refractivity contribution in [1.29, 1.82) is 0 Å². The van der Waals surface area contributed by atoms with E-state index in [1.54, 1.807) is 11.3 Å². The van der Waals surface area contributed by atoms with Crippen LogP contribution in [0.5, 0.6) is 0 Å². The highest BCUT2D eigenvalue weighted by molar-refractivity contribution is 7.18. The van der Waals surface area contributed by atoms with Gasteiger partial charge in [0.05, 0.1) is 4.70 Å². The van der Waals surface area contributed by atoms with E-state index in [1.165, 1.54) is 10.1 Å². The smallest absolute Gasteiger partial charge is 0.146 e. The van der Waals surface area contributed by atoms with Crippen LogP contribution in [0.1, 0.15) is 0 Å². The Morgan fingerprint density at radius 1 is 1.00 bits per heavy atom. The summed E-state index contributed by atoms with van der Waals surface area (Å²) in [6.45, 7) is 0. The van der Waals surface area contributed by atoms with Crippen molar-refractivity contribution in [3.05, 3.63) is 35.7 Å². The highest BCUT2D eigenvalue weighted by Gasteiger charge is 2.05. The Morgan fingerprint density at radius 2 is 1.92 bits per heavy atom. The van der Waals surface area contributed by atoms with E-state index < -0.39 is 0 Å². The highest BCUT2D eigenvalue weighted by Crippen LogP contribution is 2.31. The number of furan rings is 1. The summed E-state index contributed by atoms with van der Waals surface area (Å²) in [4.78, 5) is 0. The monoisotopic (exact) mass is 174 g/mol. The van der Waals surface area contributed by atoms with Gasteiger partial charge in [-0.15, -0.1) is 11.3 Å². The molecule has 0 aliphatic rings. The molecule has 2 aromatic heterocycles. The number of benzene rings is 1. The summed E-state index contributed by atoms with van der Waals surface area (Å²) in [5.74, 6) is 0. The SMILES string of the molecule is c1ccc2c(c1)oc1ccsc12. The van der Waals surface area contributed by atoms with Crippen LogP contribution in [0.3, 0.4) is 0 Å². The van der Waals surface area contributed by atoms with Gasteiger partial charge in [-0.05, 0) is 23.6 Å². The van der Waals surface area contributed by atoms with Gasteiger partial charge in [0.1, 0.15) is 11.2 Å². The Bertz CT molecular complexity index is 532. The summed E-state index contributed by atoms with van der Waals surface area (Å²) in [5.41, 5.74) is 1.99. The normalized spacial score (nSPS) is 11.3. The lowest BCUT2D eigenvalue weighted by molar-refractivity contribution is 0.670. The number of thiophene rings is 1. The molecule has 1 aromatic carbocycles. The summed E-state index contributed by atoms with van der Waals surface area (Å²) >= 11 is 1.73. The van der Waals surface area contributed by atoms with Crippen LogP contribution in [-0.4, -0.2) is 0 Å². The van der Waals surface area contributed by atoms with Crippen LogP contribution in [-0.2, 0) is 0 Å². The lowest BCUT2D eigenvalue weighted by atomic mass is 10.2. The Labute approximate surface area is 73.2 Å². The van der Waals surface area contributed by atoms with Crippen molar-refractivity contribution >= 4 is 32.6 Å². The summed E-state index contributed by atoms with van der Waals surface area (Å²) in [7, 11) is 0. The van der Waals surface area contributed by atoms with E-state index in [0.29, 0.717) is 0 Å². The van der Waals surface area contributed by atoms with Crippen molar-refractivity contribution in [3.63, 3.8) is 0 Å². The van der Waals surface area contributed by atoms with E-state index in [9.17, 15) is 0 Å².